The summed E-state index contributed by atoms with van der Waals surface area (Å²) >= 11 is 0. The van der Waals surface area contributed by atoms with E-state index in [4.69, 9.17) is 4.74 Å². The third-order valence-corrected chi connectivity index (χ3v) is 8.18. The smallest absolute Gasteiger partial charge is 0.255 e. The van der Waals surface area contributed by atoms with Gasteiger partial charge in [-0.05, 0) is 50.2 Å². The Bertz CT molecular complexity index is 1060. The summed E-state index contributed by atoms with van der Waals surface area (Å²) < 4.78 is 7.76. The SMILES string of the molecule is CCC(CC)C(=O)N(Cc1cc2ccccc2n(C)c1=O)CC1(N2CCN(C)CC2)CCCOC1. The summed E-state index contributed by atoms with van der Waals surface area (Å²) in [5, 5.41) is 1.02. The molecule has 0 bridgehead atoms. The lowest BCUT2D eigenvalue weighted by atomic mass is 9.87. The summed E-state index contributed by atoms with van der Waals surface area (Å²) in [5.41, 5.74) is 1.35. The lowest BCUT2D eigenvalue weighted by Crippen LogP contribution is -2.64. The minimum absolute atomic E-state index is 0.0282. The van der Waals surface area contributed by atoms with Gasteiger partial charge in [0.15, 0.2) is 0 Å². The number of carbonyl (C=O) groups is 1. The topological polar surface area (TPSA) is 58.0 Å². The Morgan fingerprint density at radius 2 is 1.83 bits per heavy atom. The zero-order valence-electron chi connectivity index (χ0n) is 22.0. The second kappa shape index (κ2) is 11.2. The highest BCUT2D eigenvalue weighted by atomic mass is 16.5. The van der Waals surface area contributed by atoms with Crippen LogP contribution in [0.15, 0.2) is 35.1 Å². The van der Waals surface area contributed by atoms with Crippen molar-refractivity contribution in [3.63, 3.8) is 0 Å². The molecule has 2 aromatic rings. The molecule has 1 atom stereocenters. The van der Waals surface area contributed by atoms with Crippen LogP contribution < -0.4 is 5.56 Å². The maximum absolute atomic E-state index is 13.9. The van der Waals surface area contributed by atoms with E-state index in [0.717, 1.165) is 69.4 Å². The molecule has 1 aromatic heterocycles. The van der Waals surface area contributed by atoms with E-state index in [1.165, 1.54) is 0 Å². The van der Waals surface area contributed by atoms with E-state index < -0.39 is 0 Å². The van der Waals surface area contributed by atoms with Gasteiger partial charge in [-0.2, -0.15) is 0 Å². The number of piperazine rings is 1. The molecule has 0 radical (unpaired) electrons. The average Bonchev–Trinajstić information content (AvgIpc) is 2.88. The molecule has 2 saturated heterocycles. The molecule has 1 unspecified atom stereocenters. The van der Waals surface area contributed by atoms with Crippen LogP contribution in [0.2, 0.25) is 0 Å². The molecular weight excluding hydrogens is 440 g/mol. The fourth-order valence-electron chi connectivity index (χ4n) is 5.86. The Morgan fingerprint density at radius 3 is 2.49 bits per heavy atom. The van der Waals surface area contributed by atoms with E-state index in [1.54, 1.807) is 4.57 Å². The lowest BCUT2D eigenvalue weighted by Gasteiger charge is -2.51. The van der Waals surface area contributed by atoms with Gasteiger partial charge in [0.1, 0.15) is 0 Å². The van der Waals surface area contributed by atoms with Crippen LogP contribution in [-0.2, 0) is 23.1 Å². The molecule has 3 heterocycles. The van der Waals surface area contributed by atoms with Gasteiger partial charge in [0.2, 0.25) is 5.91 Å². The monoisotopic (exact) mass is 482 g/mol. The number of nitrogens with zero attached hydrogens (tertiary/aromatic N) is 4. The number of amides is 1. The maximum Gasteiger partial charge on any atom is 0.255 e. The molecule has 2 aliphatic heterocycles. The Kier molecular flexibility index (Phi) is 8.30. The predicted octanol–water partition coefficient (Wildman–Crippen LogP) is 3.10. The van der Waals surface area contributed by atoms with E-state index in [9.17, 15) is 9.59 Å². The van der Waals surface area contributed by atoms with Gasteiger partial charge in [0, 0.05) is 57.9 Å². The van der Waals surface area contributed by atoms with Crippen molar-refractivity contribution in [2.24, 2.45) is 13.0 Å². The summed E-state index contributed by atoms with van der Waals surface area (Å²) in [5.74, 6) is 0.123. The van der Waals surface area contributed by atoms with Crippen molar-refractivity contribution in [3.8, 4) is 0 Å². The maximum atomic E-state index is 13.9. The molecule has 7 heteroatoms. The molecule has 0 spiro atoms. The van der Waals surface area contributed by atoms with Gasteiger partial charge in [-0.25, -0.2) is 0 Å². The summed E-state index contributed by atoms with van der Waals surface area (Å²) in [6.07, 6.45) is 3.62. The van der Waals surface area contributed by atoms with Crippen molar-refractivity contribution in [2.75, 3.05) is 53.0 Å². The zero-order valence-corrected chi connectivity index (χ0v) is 22.0. The van der Waals surface area contributed by atoms with Crippen LogP contribution in [0.3, 0.4) is 0 Å². The summed E-state index contributed by atoms with van der Waals surface area (Å²) in [6, 6.07) is 9.92. The molecule has 0 aliphatic carbocycles. The second-order valence-electron chi connectivity index (χ2n) is 10.5. The predicted molar refractivity (Wildman–Crippen MR) is 141 cm³/mol. The van der Waals surface area contributed by atoms with Crippen molar-refractivity contribution < 1.29 is 9.53 Å². The number of aryl methyl sites for hydroxylation is 1. The molecule has 0 N–H and O–H groups in total. The van der Waals surface area contributed by atoms with Crippen LogP contribution >= 0.6 is 0 Å². The van der Waals surface area contributed by atoms with Gasteiger partial charge in [-0.1, -0.05) is 32.0 Å². The van der Waals surface area contributed by atoms with Crippen molar-refractivity contribution in [2.45, 2.75) is 51.6 Å². The molecule has 1 aromatic carbocycles. The van der Waals surface area contributed by atoms with E-state index in [0.29, 0.717) is 25.3 Å². The minimum atomic E-state index is -0.205. The Morgan fingerprint density at radius 1 is 1.11 bits per heavy atom. The lowest BCUT2D eigenvalue weighted by molar-refractivity contribution is -0.142. The molecule has 4 rings (SSSR count). The number of hydrogen-bond donors (Lipinski definition) is 0. The summed E-state index contributed by atoms with van der Waals surface area (Å²) in [6.45, 7) is 10.5. The number of fused-ring (bicyclic) bond motifs is 1. The van der Waals surface area contributed by atoms with Gasteiger partial charge >= 0.3 is 0 Å². The highest BCUT2D eigenvalue weighted by Crippen LogP contribution is 2.30. The highest BCUT2D eigenvalue weighted by Gasteiger charge is 2.42. The van der Waals surface area contributed by atoms with Gasteiger partial charge in [-0.3, -0.25) is 14.5 Å². The van der Waals surface area contributed by atoms with Crippen LogP contribution in [-0.4, -0.2) is 83.7 Å². The molecule has 2 fully saturated rings. The number of ether oxygens (including phenoxy) is 1. The zero-order chi connectivity index (χ0) is 25.0. The van der Waals surface area contributed by atoms with Crippen molar-refractivity contribution in [1.29, 1.82) is 0 Å². The molecule has 192 valence electrons. The summed E-state index contributed by atoms with van der Waals surface area (Å²) in [4.78, 5) is 34.1. The fourth-order valence-corrected chi connectivity index (χ4v) is 5.86. The van der Waals surface area contributed by atoms with Crippen LogP contribution in [0, 0.1) is 5.92 Å². The number of pyridine rings is 1. The standard InChI is InChI=1S/C28H42N4O3/c1-5-22(6-2)27(34)31(19-24-18-23-10-7-8-11-25(23)30(4)26(24)33)20-28(12-9-17-35-21-28)32-15-13-29(3)14-16-32/h7-8,10-11,18,22H,5-6,9,12-17,19-21H2,1-4H3. The first-order valence-corrected chi connectivity index (χ1v) is 13.3. The van der Waals surface area contributed by atoms with Crippen molar-refractivity contribution in [3.05, 3.63) is 46.2 Å². The molecular formula is C28H42N4O3. The van der Waals surface area contributed by atoms with Gasteiger partial charge in [0.05, 0.1) is 24.2 Å². The third kappa shape index (κ3) is 5.47. The second-order valence-corrected chi connectivity index (χ2v) is 10.5. The molecule has 7 nitrogen and oxygen atoms in total. The largest absolute Gasteiger partial charge is 0.379 e. The van der Waals surface area contributed by atoms with Gasteiger partial charge in [-0.15, -0.1) is 0 Å². The first kappa shape index (κ1) is 25.9. The van der Waals surface area contributed by atoms with E-state index >= 15 is 0 Å². The molecule has 35 heavy (non-hydrogen) atoms. The number of carbonyl (C=O) groups excluding carboxylic acids is 1. The number of likely N-dealkylation sites (N-methyl/N-ethyl adjacent to an activating group) is 1. The normalized spacial score (nSPS) is 22.1. The van der Waals surface area contributed by atoms with Crippen LogP contribution in [0.1, 0.15) is 45.1 Å². The van der Waals surface area contributed by atoms with Crippen LogP contribution in [0.5, 0.6) is 0 Å². The van der Waals surface area contributed by atoms with Crippen molar-refractivity contribution >= 4 is 16.8 Å². The Hall–Kier alpha value is -2.22. The van der Waals surface area contributed by atoms with Crippen molar-refractivity contribution in [1.82, 2.24) is 19.3 Å². The number of para-hydroxylation sites is 1. The number of rotatable bonds is 8. The highest BCUT2D eigenvalue weighted by molar-refractivity contribution is 5.81. The van der Waals surface area contributed by atoms with Gasteiger partial charge in [0.25, 0.3) is 5.56 Å². The quantitative estimate of drug-likeness (QED) is 0.579. The molecule has 2 aliphatic rings. The van der Waals surface area contributed by atoms with Crippen LogP contribution in [0.4, 0.5) is 0 Å². The van der Waals surface area contributed by atoms with Gasteiger partial charge < -0.3 is 19.1 Å². The average molecular weight is 483 g/mol. The summed E-state index contributed by atoms with van der Waals surface area (Å²) in [7, 11) is 3.99. The number of hydrogen-bond acceptors (Lipinski definition) is 5. The van der Waals surface area contributed by atoms with E-state index in [1.807, 2.05) is 42.3 Å². The molecule has 0 saturated carbocycles. The van der Waals surface area contributed by atoms with E-state index in [2.05, 4.69) is 30.7 Å². The Balaban J connectivity index is 1.70. The minimum Gasteiger partial charge on any atom is -0.379 e. The number of aromatic nitrogens is 1. The Labute approximate surface area is 209 Å². The fraction of sp³-hybridized carbons (Fsp3) is 0.643. The van der Waals surface area contributed by atoms with E-state index in [-0.39, 0.29) is 22.9 Å². The third-order valence-electron chi connectivity index (χ3n) is 8.18. The first-order valence-electron chi connectivity index (χ1n) is 13.3. The first-order chi connectivity index (χ1) is 16.9. The molecule has 1 amide bonds. The number of benzene rings is 1. The van der Waals surface area contributed by atoms with Crippen LogP contribution in [0.25, 0.3) is 10.9 Å².